The van der Waals surface area contributed by atoms with E-state index in [0.717, 1.165) is 0 Å². The maximum absolute atomic E-state index is 12.3. The normalized spacial score (nSPS) is 11.6. The third-order valence-electron chi connectivity index (χ3n) is 4.54. The van der Waals surface area contributed by atoms with Crippen molar-refractivity contribution >= 4 is 40.6 Å². The Balaban J connectivity index is 1.62. The number of aromatic nitrogens is 4. The lowest BCUT2D eigenvalue weighted by Gasteiger charge is -2.14. The zero-order valence-corrected chi connectivity index (χ0v) is 17.9. The van der Waals surface area contributed by atoms with E-state index in [9.17, 15) is 19.2 Å². The Morgan fingerprint density at radius 3 is 2.53 bits per heavy atom. The summed E-state index contributed by atoms with van der Waals surface area (Å²) >= 11 is 0. The lowest BCUT2D eigenvalue weighted by atomic mass is 10.1. The van der Waals surface area contributed by atoms with Gasteiger partial charge in [-0.1, -0.05) is 0 Å². The first-order chi connectivity index (χ1) is 16.3. The number of nitrogens with one attached hydrogen (secondary N) is 4. The molecule has 0 radical (unpaired) electrons. The van der Waals surface area contributed by atoms with E-state index in [1.165, 1.54) is 25.4 Å². The SMILES string of the molecule is CONc1nc2ncc(CNc3ccc(C(=O)N[C@@H](CCC(=O)O)C(=O)O)cc3)nc2c(=O)[nH]1. The lowest BCUT2D eigenvalue weighted by Crippen LogP contribution is -2.41. The first-order valence-electron chi connectivity index (χ1n) is 9.91. The highest BCUT2D eigenvalue weighted by molar-refractivity contribution is 5.96. The second-order valence-corrected chi connectivity index (χ2v) is 6.98. The molecule has 1 amide bonds. The number of carboxylic acids is 2. The van der Waals surface area contributed by atoms with Crippen molar-refractivity contribution < 1.29 is 29.4 Å². The van der Waals surface area contributed by atoms with Gasteiger partial charge in [0.1, 0.15) is 6.04 Å². The van der Waals surface area contributed by atoms with E-state index in [0.29, 0.717) is 11.4 Å². The summed E-state index contributed by atoms with van der Waals surface area (Å²) in [6.45, 7) is 0.224. The quantitative estimate of drug-likeness (QED) is 0.209. The number of rotatable bonds is 11. The van der Waals surface area contributed by atoms with Crippen LogP contribution in [0.5, 0.6) is 0 Å². The van der Waals surface area contributed by atoms with Crippen LogP contribution in [-0.4, -0.2) is 61.1 Å². The Kier molecular flexibility index (Phi) is 7.66. The van der Waals surface area contributed by atoms with Gasteiger partial charge in [-0.3, -0.25) is 24.2 Å². The number of aliphatic carboxylic acids is 2. The summed E-state index contributed by atoms with van der Waals surface area (Å²) in [5, 5.41) is 23.3. The van der Waals surface area contributed by atoms with Gasteiger partial charge in [-0.15, -0.1) is 0 Å². The molecule has 1 aromatic carbocycles. The van der Waals surface area contributed by atoms with Crippen LogP contribution in [0.15, 0.2) is 35.3 Å². The number of aromatic amines is 1. The molecule has 2 aromatic heterocycles. The highest BCUT2D eigenvalue weighted by Crippen LogP contribution is 2.12. The summed E-state index contributed by atoms with van der Waals surface area (Å²) < 4.78 is 0. The molecule has 2 heterocycles. The average molecular weight is 471 g/mol. The highest BCUT2D eigenvalue weighted by Gasteiger charge is 2.21. The molecule has 0 aliphatic heterocycles. The van der Waals surface area contributed by atoms with E-state index in [1.807, 2.05) is 0 Å². The van der Waals surface area contributed by atoms with E-state index in [-0.39, 0.29) is 42.1 Å². The molecule has 1 atom stereocenters. The van der Waals surface area contributed by atoms with Gasteiger partial charge in [0.25, 0.3) is 11.5 Å². The number of carboxylic acid groups (broad SMARTS) is 2. The molecule has 34 heavy (non-hydrogen) atoms. The van der Waals surface area contributed by atoms with Crippen LogP contribution in [0.4, 0.5) is 11.6 Å². The lowest BCUT2D eigenvalue weighted by molar-refractivity contribution is -0.140. The number of amides is 1. The van der Waals surface area contributed by atoms with Crippen molar-refractivity contribution in [1.82, 2.24) is 25.3 Å². The number of hydrogen-bond donors (Lipinski definition) is 6. The van der Waals surface area contributed by atoms with Crippen molar-refractivity contribution in [3.63, 3.8) is 0 Å². The van der Waals surface area contributed by atoms with Crippen LogP contribution in [0.2, 0.25) is 0 Å². The van der Waals surface area contributed by atoms with Crippen molar-refractivity contribution in [2.75, 3.05) is 17.9 Å². The first-order valence-corrected chi connectivity index (χ1v) is 9.91. The second-order valence-electron chi connectivity index (χ2n) is 6.98. The van der Waals surface area contributed by atoms with Crippen molar-refractivity contribution in [3.05, 3.63) is 52.1 Å². The standard InChI is InChI=1S/C20H21N7O7/c1-34-27-20-25-16-15(18(31)26-20)23-12(9-22-16)8-21-11-4-2-10(3-5-11)17(30)24-13(19(32)33)6-7-14(28)29/h2-5,9,13,21H,6-8H2,1H3,(H,24,30)(H,28,29)(H,32,33)(H2,22,25,26,27,31)/t13-/m0/s1. The van der Waals surface area contributed by atoms with Crippen molar-refractivity contribution in [3.8, 4) is 0 Å². The monoisotopic (exact) mass is 471 g/mol. The zero-order valence-electron chi connectivity index (χ0n) is 17.9. The molecule has 0 aliphatic carbocycles. The van der Waals surface area contributed by atoms with Gasteiger partial charge in [0.2, 0.25) is 5.95 Å². The fourth-order valence-electron chi connectivity index (χ4n) is 2.88. The topological polar surface area (TPSA) is 209 Å². The number of fused-ring (bicyclic) bond motifs is 1. The van der Waals surface area contributed by atoms with Crippen LogP contribution in [-0.2, 0) is 21.0 Å². The van der Waals surface area contributed by atoms with Gasteiger partial charge < -0.3 is 20.8 Å². The van der Waals surface area contributed by atoms with Crippen molar-refractivity contribution in [2.45, 2.75) is 25.4 Å². The number of benzene rings is 1. The van der Waals surface area contributed by atoms with Crippen LogP contribution < -0.4 is 21.7 Å². The Hall–Kier alpha value is -4.59. The molecular formula is C20H21N7O7. The van der Waals surface area contributed by atoms with E-state index in [4.69, 9.17) is 15.1 Å². The van der Waals surface area contributed by atoms with Gasteiger partial charge in [0.05, 0.1) is 25.5 Å². The fraction of sp³-hybridized carbons (Fsp3) is 0.250. The zero-order chi connectivity index (χ0) is 24.7. The van der Waals surface area contributed by atoms with E-state index in [1.54, 1.807) is 12.1 Å². The van der Waals surface area contributed by atoms with Crippen molar-refractivity contribution in [2.24, 2.45) is 0 Å². The Bertz CT molecular complexity index is 1260. The van der Waals surface area contributed by atoms with Crippen LogP contribution in [0.25, 0.3) is 11.2 Å². The molecule has 3 rings (SSSR count). The summed E-state index contributed by atoms with van der Waals surface area (Å²) in [5.74, 6) is -3.01. The van der Waals surface area contributed by atoms with Crippen LogP contribution in [0.3, 0.4) is 0 Å². The summed E-state index contributed by atoms with van der Waals surface area (Å²) in [7, 11) is 1.37. The number of anilines is 2. The fourth-order valence-corrected chi connectivity index (χ4v) is 2.88. The van der Waals surface area contributed by atoms with Gasteiger partial charge in [-0.05, 0) is 30.7 Å². The summed E-state index contributed by atoms with van der Waals surface area (Å²) in [5.41, 5.74) is 3.43. The molecule has 0 spiro atoms. The summed E-state index contributed by atoms with van der Waals surface area (Å²) in [6, 6.07) is 4.87. The van der Waals surface area contributed by atoms with Gasteiger partial charge in [-0.2, -0.15) is 4.98 Å². The molecule has 178 valence electrons. The summed E-state index contributed by atoms with van der Waals surface area (Å²) in [6.07, 6.45) is 0.847. The van der Waals surface area contributed by atoms with Gasteiger partial charge in [0.15, 0.2) is 11.2 Å². The maximum Gasteiger partial charge on any atom is 0.326 e. The van der Waals surface area contributed by atoms with E-state index in [2.05, 4.69) is 36.0 Å². The molecule has 0 saturated heterocycles. The van der Waals surface area contributed by atoms with Gasteiger partial charge >= 0.3 is 11.9 Å². The molecule has 0 saturated carbocycles. The molecule has 0 unspecified atom stereocenters. The second kappa shape index (κ2) is 10.8. The Morgan fingerprint density at radius 2 is 1.88 bits per heavy atom. The number of carbonyl (C=O) groups is 3. The van der Waals surface area contributed by atoms with Crippen LogP contribution in [0, 0.1) is 0 Å². The largest absolute Gasteiger partial charge is 0.481 e. The van der Waals surface area contributed by atoms with E-state index < -0.39 is 29.4 Å². The number of H-pyrrole nitrogens is 1. The Morgan fingerprint density at radius 1 is 1.15 bits per heavy atom. The maximum atomic E-state index is 12.3. The molecule has 0 aliphatic rings. The molecule has 14 heteroatoms. The highest BCUT2D eigenvalue weighted by atomic mass is 16.6. The molecule has 0 fully saturated rings. The van der Waals surface area contributed by atoms with Gasteiger partial charge in [-0.25, -0.2) is 20.2 Å². The number of carbonyl (C=O) groups excluding carboxylic acids is 1. The number of hydrogen-bond acceptors (Lipinski definition) is 10. The molecule has 14 nitrogen and oxygen atoms in total. The molecular weight excluding hydrogens is 450 g/mol. The van der Waals surface area contributed by atoms with Crippen LogP contribution >= 0.6 is 0 Å². The molecule has 6 N–H and O–H groups in total. The van der Waals surface area contributed by atoms with E-state index >= 15 is 0 Å². The molecule has 0 bridgehead atoms. The third-order valence-corrected chi connectivity index (χ3v) is 4.54. The summed E-state index contributed by atoms with van der Waals surface area (Å²) in [4.78, 5) is 66.0. The average Bonchev–Trinajstić information content (AvgIpc) is 2.80. The Labute approximate surface area is 191 Å². The minimum absolute atomic E-state index is 0.0591. The predicted octanol–water partition coefficient (Wildman–Crippen LogP) is 0.346. The minimum atomic E-state index is -1.32. The van der Waals surface area contributed by atoms with Gasteiger partial charge in [0, 0.05) is 17.7 Å². The smallest absolute Gasteiger partial charge is 0.326 e. The number of nitrogens with zero attached hydrogens (tertiary/aromatic N) is 3. The van der Waals surface area contributed by atoms with Crippen LogP contribution in [0.1, 0.15) is 28.9 Å². The molecule has 3 aromatic rings. The first kappa shape index (κ1) is 24.1. The minimum Gasteiger partial charge on any atom is -0.481 e. The van der Waals surface area contributed by atoms with Crippen molar-refractivity contribution in [1.29, 1.82) is 0 Å². The predicted molar refractivity (Wildman–Crippen MR) is 118 cm³/mol. The third kappa shape index (κ3) is 6.23.